The van der Waals surface area contributed by atoms with Crippen LogP contribution in [0.25, 0.3) is 0 Å². The van der Waals surface area contributed by atoms with Gasteiger partial charge in [0.15, 0.2) is 0 Å². The Morgan fingerprint density at radius 3 is 2.19 bits per heavy atom. The van der Waals surface area contributed by atoms with Crippen LogP contribution in [-0.2, 0) is 0 Å². The first-order chi connectivity index (χ1) is 7.66. The highest BCUT2D eigenvalue weighted by molar-refractivity contribution is 5.21. The lowest BCUT2D eigenvalue weighted by Crippen LogP contribution is -2.29. The predicted molar refractivity (Wildman–Crippen MR) is 55.8 cm³/mol. The van der Waals surface area contributed by atoms with E-state index in [0.717, 1.165) is 31.3 Å². The summed E-state index contributed by atoms with van der Waals surface area (Å²) in [5, 5.41) is 3.13. The van der Waals surface area contributed by atoms with Gasteiger partial charge in [-0.25, -0.2) is 13.2 Å². The van der Waals surface area contributed by atoms with E-state index >= 15 is 0 Å². The van der Waals surface area contributed by atoms with E-state index in [2.05, 4.69) is 5.32 Å². The molecule has 1 nitrogen and oxygen atoms in total. The Morgan fingerprint density at radius 2 is 1.62 bits per heavy atom. The van der Waals surface area contributed by atoms with Crippen LogP contribution < -0.4 is 5.32 Å². The molecular formula is C12H14F3N. The summed E-state index contributed by atoms with van der Waals surface area (Å²) in [7, 11) is 0. The van der Waals surface area contributed by atoms with Gasteiger partial charge in [-0.2, -0.15) is 0 Å². The molecule has 1 unspecified atom stereocenters. The summed E-state index contributed by atoms with van der Waals surface area (Å²) in [6.45, 7) is 1.53. The maximum atomic E-state index is 14.0. The zero-order valence-electron chi connectivity index (χ0n) is 8.85. The van der Waals surface area contributed by atoms with Gasteiger partial charge in [-0.1, -0.05) is 0 Å². The van der Waals surface area contributed by atoms with Crippen molar-refractivity contribution in [1.29, 1.82) is 0 Å². The van der Waals surface area contributed by atoms with E-state index in [1.54, 1.807) is 0 Å². The van der Waals surface area contributed by atoms with E-state index in [4.69, 9.17) is 0 Å². The summed E-state index contributed by atoms with van der Waals surface area (Å²) in [6.07, 6.45) is 0.144. The molecule has 1 N–H and O–H groups in total. The van der Waals surface area contributed by atoms with E-state index < -0.39 is 17.8 Å². The van der Waals surface area contributed by atoms with Crippen molar-refractivity contribution < 1.29 is 13.2 Å². The highest BCUT2D eigenvalue weighted by atomic mass is 19.1. The lowest BCUT2D eigenvalue weighted by molar-refractivity contribution is 0.189. The van der Waals surface area contributed by atoms with Crippen molar-refractivity contribution in [2.45, 2.75) is 19.0 Å². The van der Waals surface area contributed by atoms with Gasteiger partial charge < -0.3 is 5.32 Å². The number of halogens is 3. The fraction of sp³-hybridized carbons (Fsp3) is 0.500. The average molecular weight is 229 g/mol. The Hall–Kier alpha value is -1.03. The van der Waals surface area contributed by atoms with Crippen molar-refractivity contribution >= 4 is 0 Å². The first-order valence-electron chi connectivity index (χ1n) is 5.47. The monoisotopic (exact) mass is 229 g/mol. The van der Waals surface area contributed by atoms with Crippen molar-refractivity contribution in [3.63, 3.8) is 0 Å². The van der Waals surface area contributed by atoms with Gasteiger partial charge in [0, 0.05) is 6.07 Å². The second-order valence-corrected chi connectivity index (χ2v) is 4.19. The minimum Gasteiger partial charge on any atom is -0.317 e. The minimum absolute atomic E-state index is 0.115. The molecule has 1 heterocycles. The van der Waals surface area contributed by atoms with Gasteiger partial charge in [0.25, 0.3) is 0 Å². The Balaban J connectivity index is 2.15. The molecule has 16 heavy (non-hydrogen) atoms. The molecule has 1 saturated heterocycles. The van der Waals surface area contributed by atoms with Crippen LogP contribution in [0.15, 0.2) is 18.2 Å². The molecule has 88 valence electrons. The predicted octanol–water partition coefficient (Wildman–Crippen LogP) is 2.98. The molecule has 1 fully saturated rings. The SMILES string of the molecule is Fc1cc(F)cc(C(F)C2CCNCC2)c1. The lowest BCUT2D eigenvalue weighted by Gasteiger charge is -2.25. The molecule has 0 bridgehead atoms. The molecule has 0 saturated carbocycles. The van der Waals surface area contributed by atoms with E-state index in [-0.39, 0.29) is 11.5 Å². The second kappa shape index (κ2) is 4.87. The van der Waals surface area contributed by atoms with Crippen LogP contribution in [0.3, 0.4) is 0 Å². The first kappa shape index (κ1) is 11.5. The molecule has 4 heteroatoms. The quantitative estimate of drug-likeness (QED) is 0.822. The van der Waals surface area contributed by atoms with Crippen LogP contribution in [0, 0.1) is 17.6 Å². The molecule has 0 aromatic heterocycles. The molecule has 0 aliphatic carbocycles. The first-order valence-corrected chi connectivity index (χ1v) is 5.47. The minimum atomic E-state index is -1.27. The molecular weight excluding hydrogens is 215 g/mol. The van der Waals surface area contributed by atoms with Crippen LogP contribution in [0.2, 0.25) is 0 Å². The zero-order chi connectivity index (χ0) is 11.5. The maximum Gasteiger partial charge on any atom is 0.128 e. The third kappa shape index (κ3) is 2.55. The fourth-order valence-electron chi connectivity index (χ4n) is 2.14. The number of piperidine rings is 1. The van der Waals surface area contributed by atoms with Crippen LogP contribution in [0.1, 0.15) is 24.6 Å². The fourth-order valence-corrected chi connectivity index (χ4v) is 2.14. The van der Waals surface area contributed by atoms with Gasteiger partial charge in [0.1, 0.15) is 17.8 Å². The molecule has 1 aromatic rings. The molecule has 2 rings (SSSR count). The van der Waals surface area contributed by atoms with Gasteiger partial charge in [0.05, 0.1) is 0 Å². The molecule has 0 radical (unpaired) electrons. The summed E-state index contributed by atoms with van der Waals surface area (Å²) in [5.41, 5.74) is 0.115. The highest BCUT2D eigenvalue weighted by Gasteiger charge is 2.25. The largest absolute Gasteiger partial charge is 0.317 e. The Labute approximate surface area is 92.7 Å². The van der Waals surface area contributed by atoms with Crippen molar-refractivity contribution in [2.24, 2.45) is 5.92 Å². The smallest absolute Gasteiger partial charge is 0.128 e. The van der Waals surface area contributed by atoms with Crippen molar-refractivity contribution in [3.05, 3.63) is 35.4 Å². The van der Waals surface area contributed by atoms with Crippen LogP contribution in [0.5, 0.6) is 0 Å². The third-order valence-electron chi connectivity index (χ3n) is 3.00. The van der Waals surface area contributed by atoms with Gasteiger partial charge >= 0.3 is 0 Å². The van der Waals surface area contributed by atoms with Crippen molar-refractivity contribution in [3.8, 4) is 0 Å². The number of alkyl halides is 1. The summed E-state index contributed by atoms with van der Waals surface area (Å²) < 4.78 is 39.9. The van der Waals surface area contributed by atoms with Crippen LogP contribution in [0.4, 0.5) is 13.2 Å². The molecule has 1 aliphatic heterocycles. The van der Waals surface area contributed by atoms with Gasteiger partial charge in [-0.05, 0) is 49.5 Å². The van der Waals surface area contributed by atoms with Crippen LogP contribution >= 0.6 is 0 Å². The Kier molecular flexibility index (Phi) is 3.49. The van der Waals surface area contributed by atoms with Crippen molar-refractivity contribution in [1.82, 2.24) is 5.32 Å². The zero-order valence-corrected chi connectivity index (χ0v) is 8.85. The highest BCUT2D eigenvalue weighted by Crippen LogP contribution is 2.32. The van der Waals surface area contributed by atoms with Gasteiger partial charge in [-0.3, -0.25) is 0 Å². The standard InChI is InChI=1S/C12H14F3N/c13-10-5-9(6-11(14)7-10)12(15)8-1-3-16-4-2-8/h5-8,12,16H,1-4H2. The molecule has 1 atom stereocenters. The van der Waals surface area contributed by atoms with E-state index in [0.29, 0.717) is 12.8 Å². The summed E-state index contributed by atoms with van der Waals surface area (Å²) in [5.74, 6) is -1.57. The topological polar surface area (TPSA) is 12.0 Å². The van der Waals surface area contributed by atoms with E-state index in [9.17, 15) is 13.2 Å². The summed E-state index contributed by atoms with van der Waals surface area (Å²) >= 11 is 0. The lowest BCUT2D eigenvalue weighted by atomic mass is 9.89. The number of nitrogens with one attached hydrogen (secondary N) is 1. The second-order valence-electron chi connectivity index (χ2n) is 4.19. The average Bonchev–Trinajstić information content (AvgIpc) is 2.28. The van der Waals surface area contributed by atoms with E-state index in [1.165, 1.54) is 0 Å². The maximum absolute atomic E-state index is 14.0. The molecule has 1 aliphatic rings. The van der Waals surface area contributed by atoms with Crippen LogP contribution in [-0.4, -0.2) is 13.1 Å². The van der Waals surface area contributed by atoms with E-state index in [1.807, 2.05) is 0 Å². The third-order valence-corrected chi connectivity index (χ3v) is 3.00. The number of hydrogen-bond acceptors (Lipinski definition) is 1. The Morgan fingerprint density at radius 1 is 1.06 bits per heavy atom. The number of hydrogen-bond donors (Lipinski definition) is 1. The molecule has 0 amide bonds. The number of benzene rings is 1. The normalized spacial score (nSPS) is 19.7. The summed E-state index contributed by atoms with van der Waals surface area (Å²) in [6, 6.07) is 2.92. The number of rotatable bonds is 2. The van der Waals surface area contributed by atoms with Gasteiger partial charge in [0.2, 0.25) is 0 Å². The molecule has 0 spiro atoms. The summed E-state index contributed by atoms with van der Waals surface area (Å²) in [4.78, 5) is 0. The van der Waals surface area contributed by atoms with Crippen molar-refractivity contribution in [2.75, 3.05) is 13.1 Å². The van der Waals surface area contributed by atoms with Gasteiger partial charge in [-0.15, -0.1) is 0 Å². The molecule has 1 aromatic carbocycles. The Bertz CT molecular complexity index is 341.